The Hall–Kier alpha value is -6.24. The van der Waals surface area contributed by atoms with E-state index >= 15 is 0 Å². The molecule has 0 amide bonds. The number of hydrogen-bond acceptors (Lipinski definition) is 0. The van der Waals surface area contributed by atoms with Gasteiger partial charge in [0.15, 0.2) is 0 Å². The Kier molecular flexibility index (Phi) is 9.44. The van der Waals surface area contributed by atoms with Crippen molar-refractivity contribution in [3.63, 3.8) is 0 Å². The Morgan fingerprint density at radius 3 is 0.229 bits per heavy atom. The highest BCUT2D eigenvalue weighted by atomic mass is 14.0. The Labute approximate surface area is 284 Å². The molecule has 228 valence electrons. The average molecular weight is 613 g/mol. The van der Waals surface area contributed by atoms with E-state index in [9.17, 15) is 0 Å². The highest BCUT2D eigenvalue weighted by molar-refractivity contribution is 5.77. The molecule has 0 saturated heterocycles. The maximum absolute atomic E-state index is 2.16. The van der Waals surface area contributed by atoms with E-state index in [-0.39, 0.29) is 0 Å². The van der Waals surface area contributed by atoms with Crippen molar-refractivity contribution in [2.45, 2.75) is 0 Å². The normalized spacial score (nSPS) is 12.5. The first-order valence-corrected chi connectivity index (χ1v) is 16.4. The number of hydrogen-bond donors (Lipinski definition) is 0. The van der Waals surface area contributed by atoms with Crippen LogP contribution in [-0.4, -0.2) is 0 Å². The second-order valence-electron chi connectivity index (χ2n) is 12.0. The molecular weight excluding hydrogens is 577 g/mol. The lowest BCUT2D eigenvalue weighted by atomic mass is 10.1. The molecule has 0 aromatic heterocycles. The van der Waals surface area contributed by atoms with Crippen molar-refractivity contribution in [2.75, 3.05) is 0 Å². The lowest BCUT2D eigenvalue weighted by Gasteiger charge is -2.00. The summed E-state index contributed by atoms with van der Waals surface area (Å²) in [5.41, 5.74) is 14.1. The van der Waals surface area contributed by atoms with E-state index in [1.54, 1.807) is 0 Å². The maximum Gasteiger partial charge on any atom is -0.0256 e. The molecule has 0 nitrogen and oxygen atoms in total. The van der Waals surface area contributed by atoms with E-state index < -0.39 is 0 Å². The lowest BCUT2D eigenvalue weighted by molar-refractivity contribution is 1.59. The largest absolute Gasteiger partial charge is 0.0544 e. The van der Waals surface area contributed by atoms with Gasteiger partial charge in [-0.05, 0) is 66.8 Å². The summed E-state index contributed by atoms with van der Waals surface area (Å²) in [5.74, 6) is 0. The fourth-order valence-electron chi connectivity index (χ4n) is 5.46. The van der Waals surface area contributed by atoms with Crippen LogP contribution < -0.4 is 0 Å². The Morgan fingerprint density at radius 1 is 0.104 bits per heavy atom. The van der Waals surface area contributed by atoms with E-state index in [1.807, 2.05) is 0 Å². The molecule has 0 radical (unpaired) electrons. The van der Waals surface area contributed by atoms with Gasteiger partial charge < -0.3 is 0 Å². The van der Waals surface area contributed by atoms with E-state index in [1.165, 1.54) is 66.8 Å². The first kappa shape index (κ1) is 30.4. The van der Waals surface area contributed by atoms with E-state index in [2.05, 4.69) is 219 Å². The summed E-state index contributed by atoms with van der Waals surface area (Å²) in [6.07, 6.45) is 26.0. The molecule has 16 rings (SSSR count). The van der Waals surface area contributed by atoms with Crippen LogP contribution in [0.4, 0.5) is 0 Å². The summed E-state index contributed by atoms with van der Waals surface area (Å²) in [6.45, 7) is 0. The Balaban J connectivity index is 1.12. The molecule has 10 aliphatic carbocycles. The van der Waals surface area contributed by atoms with Crippen molar-refractivity contribution in [1.29, 1.82) is 0 Å². The maximum atomic E-state index is 2.16. The van der Waals surface area contributed by atoms with Crippen LogP contribution in [0.2, 0.25) is 0 Å². The molecule has 0 fully saturated rings. The van der Waals surface area contributed by atoms with E-state index in [4.69, 9.17) is 0 Å². The van der Waals surface area contributed by atoms with Gasteiger partial charge in [0.1, 0.15) is 0 Å². The van der Waals surface area contributed by atoms with Crippen LogP contribution in [0.15, 0.2) is 146 Å². The van der Waals surface area contributed by atoms with Crippen molar-refractivity contribution < 1.29 is 0 Å². The lowest BCUT2D eigenvalue weighted by Crippen LogP contribution is -1.79. The molecule has 0 N–H and O–H groups in total. The van der Waals surface area contributed by atoms with Crippen LogP contribution >= 0.6 is 0 Å². The number of benzene rings is 6. The second kappa shape index (κ2) is 14.9. The highest BCUT2D eigenvalue weighted by Gasteiger charge is 1.96. The molecule has 0 aliphatic heterocycles. The van der Waals surface area contributed by atoms with Gasteiger partial charge in [0.05, 0.1) is 0 Å². The predicted molar refractivity (Wildman–Crippen MR) is 212 cm³/mol. The molecule has 0 spiro atoms. The van der Waals surface area contributed by atoms with Crippen LogP contribution in [0.1, 0.15) is 66.8 Å². The predicted octanol–water partition coefficient (Wildman–Crippen LogP) is 13.0. The van der Waals surface area contributed by atoms with Crippen LogP contribution in [0, 0.1) is 0 Å². The third-order valence-electron chi connectivity index (χ3n) is 8.43. The molecular formula is C48H36. The molecule has 6 aromatic carbocycles. The van der Waals surface area contributed by atoms with Gasteiger partial charge in [0.2, 0.25) is 0 Å². The van der Waals surface area contributed by atoms with Crippen molar-refractivity contribution in [2.24, 2.45) is 0 Å². The van der Waals surface area contributed by atoms with Crippen LogP contribution in [0.3, 0.4) is 0 Å². The Morgan fingerprint density at radius 2 is 0.167 bits per heavy atom. The van der Waals surface area contributed by atoms with Gasteiger partial charge in [-0.15, -0.1) is 0 Å². The first-order chi connectivity index (χ1) is 23.7. The second-order valence-corrected chi connectivity index (χ2v) is 12.0. The van der Waals surface area contributed by atoms with Gasteiger partial charge in [-0.25, -0.2) is 0 Å². The summed E-state index contributed by atoms with van der Waals surface area (Å²) >= 11 is 0. The zero-order valence-corrected chi connectivity index (χ0v) is 26.8. The average Bonchev–Trinajstić information content (AvgIpc) is 3.15. The van der Waals surface area contributed by atoms with Gasteiger partial charge in [0.25, 0.3) is 0 Å². The quantitative estimate of drug-likeness (QED) is 0.160. The monoisotopic (exact) mass is 612 g/mol. The molecule has 48 heavy (non-hydrogen) atoms. The van der Waals surface area contributed by atoms with E-state index in [0.717, 1.165) is 0 Å². The zero-order chi connectivity index (χ0) is 32.4. The van der Waals surface area contributed by atoms with Crippen molar-refractivity contribution in [3.05, 3.63) is 212 Å². The van der Waals surface area contributed by atoms with Crippen molar-refractivity contribution in [3.8, 4) is 0 Å². The minimum Gasteiger partial charge on any atom is -0.0544 e. The molecule has 0 atom stereocenters. The standard InChI is InChI=1S/C48H36/c1-2-38-4-3-37(1)25-26-39-5-7-41(8-6-39)29-30-43-13-15-45(16-14-43)33-34-47-21-23-48(24-22-47)36-35-46-19-17-44(18-20-46)32-31-42-11-9-40(10-12-42)28-27-38/h1-36H. The summed E-state index contributed by atoms with van der Waals surface area (Å²) < 4.78 is 0. The molecule has 0 heteroatoms. The fraction of sp³-hybridized carbons (Fsp3) is 0. The van der Waals surface area contributed by atoms with Crippen molar-refractivity contribution >= 4 is 72.9 Å². The molecule has 12 bridgehead atoms. The topological polar surface area (TPSA) is 0 Å². The molecule has 0 saturated carbocycles. The minimum absolute atomic E-state index is 1.18. The summed E-state index contributed by atoms with van der Waals surface area (Å²) in [7, 11) is 0. The summed E-state index contributed by atoms with van der Waals surface area (Å²) in [5, 5.41) is 0. The van der Waals surface area contributed by atoms with Gasteiger partial charge in [-0.1, -0.05) is 219 Å². The third-order valence-corrected chi connectivity index (χ3v) is 8.43. The van der Waals surface area contributed by atoms with Crippen molar-refractivity contribution in [1.82, 2.24) is 0 Å². The summed E-state index contributed by atoms with van der Waals surface area (Å²) in [6, 6.07) is 51.9. The van der Waals surface area contributed by atoms with Gasteiger partial charge in [0, 0.05) is 0 Å². The van der Waals surface area contributed by atoms with Gasteiger partial charge in [-0.3, -0.25) is 0 Å². The summed E-state index contributed by atoms with van der Waals surface area (Å²) in [4.78, 5) is 0. The van der Waals surface area contributed by atoms with Crippen LogP contribution in [0.25, 0.3) is 72.9 Å². The molecule has 0 unspecified atom stereocenters. The molecule has 10 aliphatic rings. The third kappa shape index (κ3) is 8.51. The van der Waals surface area contributed by atoms with Crippen LogP contribution in [0.5, 0.6) is 0 Å². The molecule has 6 aromatic rings. The molecule has 0 heterocycles. The fourth-order valence-corrected chi connectivity index (χ4v) is 5.46. The van der Waals surface area contributed by atoms with Gasteiger partial charge >= 0.3 is 0 Å². The Bertz CT molecular complexity index is 1560. The highest BCUT2D eigenvalue weighted by Crippen LogP contribution is 2.18. The van der Waals surface area contributed by atoms with E-state index in [0.29, 0.717) is 0 Å². The first-order valence-electron chi connectivity index (χ1n) is 16.4. The van der Waals surface area contributed by atoms with Crippen LogP contribution in [-0.2, 0) is 0 Å². The minimum atomic E-state index is 1.18. The smallest absolute Gasteiger partial charge is 0.0256 e. The zero-order valence-electron chi connectivity index (χ0n) is 26.8. The van der Waals surface area contributed by atoms with Gasteiger partial charge in [-0.2, -0.15) is 0 Å². The number of rotatable bonds is 0. The SMILES string of the molecule is C1=Cc2ccc(cc2)C=Cc2ccc(cc2)C=Cc2ccc(cc2)C=Cc2ccc(cc2)C=Cc2ccc(cc2)C=Cc2ccc1cc2.